The van der Waals surface area contributed by atoms with Gasteiger partial charge in [0, 0.05) is 42.8 Å². The second kappa shape index (κ2) is 12.9. The largest absolute Gasteiger partial charge is 0.357 e. The van der Waals surface area contributed by atoms with Crippen LogP contribution in [-0.4, -0.2) is 55.4 Å². The van der Waals surface area contributed by atoms with Crippen LogP contribution in [0.25, 0.3) is 0 Å². The third kappa shape index (κ3) is 8.91. The van der Waals surface area contributed by atoms with E-state index >= 15 is 0 Å². The lowest BCUT2D eigenvalue weighted by Gasteiger charge is -2.15. The van der Waals surface area contributed by atoms with Gasteiger partial charge >= 0.3 is 0 Å². The van der Waals surface area contributed by atoms with E-state index in [-0.39, 0.29) is 42.3 Å². The van der Waals surface area contributed by atoms with Crippen molar-refractivity contribution in [1.82, 2.24) is 15.5 Å². The average molecular weight is 552 g/mol. The van der Waals surface area contributed by atoms with Crippen molar-refractivity contribution in [3.8, 4) is 0 Å². The zero-order valence-corrected chi connectivity index (χ0v) is 19.4. The van der Waals surface area contributed by atoms with Gasteiger partial charge < -0.3 is 20.9 Å². The summed E-state index contributed by atoms with van der Waals surface area (Å²) < 4.78 is 0.965. The molecule has 7 nitrogen and oxygen atoms in total. The lowest BCUT2D eigenvalue weighted by atomic mass is 10.3. The van der Waals surface area contributed by atoms with Gasteiger partial charge in [0.1, 0.15) is 6.54 Å². The maximum Gasteiger partial charge on any atom is 0.244 e. The smallest absolute Gasteiger partial charge is 0.244 e. The van der Waals surface area contributed by atoms with Crippen LogP contribution in [0.1, 0.15) is 26.2 Å². The van der Waals surface area contributed by atoms with Gasteiger partial charge in [0.05, 0.1) is 0 Å². The molecule has 2 rings (SSSR count). The Morgan fingerprint density at radius 3 is 2.44 bits per heavy atom. The van der Waals surface area contributed by atoms with E-state index in [1.807, 2.05) is 36.1 Å². The number of likely N-dealkylation sites (tertiary alicyclic amines) is 1. The van der Waals surface area contributed by atoms with E-state index in [9.17, 15) is 9.59 Å². The molecular formula is C18H27BrIN5O2. The number of nitrogens with one attached hydrogen (secondary N) is 3. The summed E-state index contributed by atoms with van der Waals surface area (Å²) in [5.74, 6) is 0.521. The van der Waals surface area contributed by atoms with Crippen LogP contribution < -0.4 is 16.0 Å². The van der Waals surface area contributed by atoms with Crippen molar-refractivity contribution in [2.45, 2.75) is 26.2 Å². The number of nitrogens with zero attached hydrogens (tertiary/aromatic N) is 2. The van der Waals surface area contributed by atoms with E-state index in [2.05, 4.69) is 36.9 Å². The van der Waals surface area contributed by atoms with Crippen LogP contribution in [0.15, 0.2) is 33.7 Å². The quantitative estimate of drug-likeness (QED) is 0.276. The minimum Gasteiger partial charge on any atom is -0.357 e. The highest BCUT2D eigenvalue weighted by molar-refractivity contribution is 14.0. The number of aliphatic imine (C=N–C) groups is 1. The Morgan fingerprint density at radius 2 is 1.81 bits per heavy atom. The Bertz CT molecular complexity index is 633. The molecule has 150 valence electrons. The Balaban J connectivity index is 0.00000364. The number of rotatable bonds is 7. The highest BCUT2D eigenvalue weighted by Gasteiger charge is 2.17. The molecule has 0 saturated carbocycles. The molecule has 0 aromatic heterocycles. The molecule has 1 aliphatic rings. The summed E-state index contributed by atoms with van der Waals surface area (Å²) in [4.78, 5) is 30.2. The van der Waals surface area contributed by atoms with Crippen LogP contribution in [0.5, 0.6) is 0 Å². The number of halogens is 2. The minimum absolute atomic E-state index is 0. The highest BCUT2D eigenvalue weighted by atomic mass is 127. The monoisotopic (exact) mass is 551 g/mol. The summed E-state index contributed by atoms with van der Waals surface area (Å²) in [6.07, 6.45) is 2.45. The Morgan fingerprint density at radius 1 is 1.15 bits per heavy atom. The zero-order chi connectivity index (χ0) is 18.8. The first-order valence-electron chi connectivity index (χ1n) is 8.94. The summed E-state index contributed by atoms with van der Waals surface area (Å²) >= 11 is 3.36. The van der Waals surface area contributed by atoms with E-state index < -0.39 is 0 Å². The van der Waals surface area contributed by atoms with Gasteiger partial charge in [-0.1, -0.05) is 15.9 Å². The van der Waals surface area contributed by atoms with Crippen LogP contribution in [0.4, 0.5) is 5.69 Å². The van der Waals surface area contributed by atoms with Crippen molar-refractivity contribution < 1.29 is 9.59 Å². The van der Waals surface area contributed by atoms with E-state index in [0.29, 0.717) is 25.5 Å². The van der Waals surface area contributed by atoms with Crippen molar-refractivity contribution in [1.29, 1.82) is 0 Å². The van der Waals surface area contributed by atoms with Gasteiger partial charge in [-0.3, -0.25) is 9.59 Å². The van der Waals surface area contributed by atoms with Crippen LogP contribution in [-0.2, 0) is 9.59 Å². The number of benzene rings is 1. The number of guanidine groups is 1. The van der Waals surface area contributed by atoms with E-state index in [1.165, 1.54) is 0 Å². The molecule has 0 bridgehead atoms. The Kier molecular flexibility index (Phi) is 11.3. The number of anilines is 1. The molecule has 1 heterocycles. The third-order valence-electron chi connectivity index (χ3n) is 3.95. The molecule has 1 fully saturated rings. The summed E-state index contributed by atoms with van der Waals surface area (Å²) in [5, 5.41) is 9.02. The predicted molar refractivity (Wildman–Crippen MR) is 123 cm³/mol. The van der Waals surface area contributed by atoms with Crippen LogP contribution in [0.2, 0.25) is 0 Å². The highest BCUT2D eigenvalue weighted by Crippen LogP contribution is 2.14. The molecular weight excluding hydrogens is 525 g/mol. The van der Waals surface area contributed by atoms with Crippen molar-refractivity contribution >= 4 is 63.4 Å². The molecule has 0 aliphatic carbocycles. The number of carbonyl (C=O) groups is 2. The zero-order valence-electron chi connectivity index (χ0n) is 15.5. The topological polar surface area (TPSA) is 85.8 Å². The van der Waals surface area contributed by atoms with Crippen molar-refractivity contribution in [2.75, 3.05) is 38.0 Å². The predicted octanol–water partition coefficient (Wildman–Crippen LogP) is 2.57. The van der Waals surface area contributed by atoms with Gasteiger partial charge in [-0.05, 0) is 44.0 Å². The van der Waals surface area contributed by atoms with E-state index in [0.717, 1.165) is 36.1 Å². The van der Waals surface area contributed by atoms with Crippen LogP contribution in [0, 0.1) is 0 Å². The normalized spacial score (nSPS) is 13.7. The molecule has 27 heavy (non-hydrogen) atoms. The van der Waals surface area contributed by atoms with Crippen molar-refractivity contribution in [3.05, 3.63) is 28.7 Å². The number of hydrogen-bond donors (Lipinski definition) is 3. The second-order valence-corrected chi connectivity index (χ2v) is 6.93. The van der Waals surface area contributed by atoms with Gasteiger partial charge in [-0.15, -0.1) is 24.0 Å². The SMILES string of the molecule is CCNC(=NCC(=O)N1CCCC1)NCCC(=O)Nc1ccc(Br)cc1.I. The Hall–Kier alpha value is -1.36. The van der Waals surface area contributed by atoms with Crippen molar-refractivity contribution in [2.24, 2.45) is 4.99 Å². The fourth-order valence-electron chi connectivity index (χ4n) is 2.61. The second-order valence-electron chi connectivity index (χ2n) is 6.01. The molecule has 0 atom stereocenters. The Labute approximate surface area is 185 Å². The summed E-state index contributed by atoms with van der Waals surface area (Å²) in [6, 6.07) is 7.43. The first-order valence-corrected chi connectivity index (χ1v) is 9.73. The number of amides is 2. The van der Waals surface area contributed by atoms with Gasteiger partial charge in [0.2, 0.25) is 11.8 Å². The fourth-order valence-corrected chi connectivity index (χ4v) is 2.87. The number of carbonyl (C=O) groups excluding carboxylic acids is 2. The molecule has 1 aromatic carbocycles. The summed E-state index contributed by atoms with van der Waals surface area (Å²) in [6.45, 7) is 4.87. The minimum atomic E-state index is -0.0798. The molecule has 0 unspecified atom stereocenters. The maximum atomic E-state index is 12.1. The van der Waals surface area contributed by atoms with E-state index in [4.69, 9.17) is 0 Å². The molecule has 0 spiro atoms. The molecule has 1 aromatic rings. The van der Waals surface area contributed by atoms with Crippen molar-refractivity contribution in [3.63, 3.8) is 0 Å². The standard InChI is InChI=1S/C18H26BrN5O2.HI/c1-2-20-18(22-13-17(26)24-11-3-4-12-24)21-10-9-16(25)23-15-7-5-14(19)6-8-15;/h5-8H,2-4,9-13H2,1H3,(H,23,25)(H2,20,21,22);1H. The molecule has 2 amide bonds. The van der Waals surface area contributed by atoms with E-state index in [1.54, 1.807) is 0 Å². The first kappa shape index (κ1) is 23.7. The van der Waals surface area contributed by atoms with Gasteiger partial charge in [0.15, 0.2) is 5.96 Å². The molecule has 9 heteroatoms. The fraction of sp³-hybridized carbons (Fsp3) is 0.500. The van der Waals surface area contributed by atoms with Crippen LogP contribution in [0.3, 0.4) is 0 Å². The molecule has 1 saturated heterocycles. The molecule has 0 radical (unpaired) electrons. The van der Waals surface area contributed by atoms with Gasteiger partial charge in [-0.2, -0.15) is 0 Å². The average Bonchev–Trinajstić information content (AvgIpc) is 3.16. The first-order chi connectivity index (χ1) is 12.6. The van der Waals surface area contributed by atoms with Crippen LogP contribution >= 0.6 is 39.9 Å². The summed E-state index contributed by atoms with van der Waals surface area (Å²) in [7, 11) is 0. The lowest BCUT2D eigenvalue weighted by molar-refractivity contribution is -0.128. The molecule has 3 N–H and O–H groups in total. The summed E-state index contributed by atoms with van der Waals surface area (Å²) in [5.41, 5.74) is 0.759. The molecule has 1 aliphatic heterocycles. The maximum absolute atomic E-state index is 12.1. The number of hydrogen-bond acceptors (Lipinski definition) is 3. The third-order valence-corrected chi connectivity index (χ3v) is 4.48. The van der Waals surface area contributed by atoms with Gasteiger partial charge in [-0.25, -0.2) is 4.99 Å². The lowest BCUT2D eigenvalue weighted by Crippen LogP contribution is -2.40. The van der Waals surface area contributed by atoms with Gasteiger partial charge in [0.25, 0.3) is 0 Å².